The third-order valence-corrected chi connectivity index (χ3v) is 6.10. The van der Waals surface area contributed by atoms with Gasteiger partial charge < -0.3 is 0 Å². The van der Waals surface area contributed by atoms with Gasteiger partial charge in [-0.05, 0) is 41.8 Å². The van der Waals surface area contributed by atoms with Crippen LogP contribution < -0.4 is 4.72 Å². The second-order valence-corrected chi connectivity index (χ2v) is 8.38. The van der Waals surface area contributed by atoms with E-state index in [2.05, 4.69) is 20.7 Å². The van der Waals surface area contributed by atoms with Crippen molar-refractivity contribution < 1.29 is 8.42 Å². The van der Waals surface area contributed by atoms with E-state index in [1.54, 1.807) is 35.6 Å². The first kappa shape index (κ1) is 14.7. The lowest BCUT2D eigenvalue weighted by Crippen LogP contribution is -2.22. The summed E-state index contributed by atoms with van der Waals surface area (Å²) in [7, 11) is -3.48. The minimum absolute atomic E-state index is 0.270. The van der Waals surface area contributed by atoms with Gasteiger partial charge in [-0.1, -0.05) is 34.1 Å². The Balaban J connectivity index is 1.78. The number of thiophene rings is 1. The van der Waals surface area contributed by atoms with Crippen molar-refractivity contribution in [2.24, 2.45) is 0 Å². The number of hydrogen-bond acceptors (Lipinski definition) is 3. The zero-order chi connectivity index (χ0) is 14.9. The topological polar surface area (TPSA) is 46.2 Å². The summed E-state index contributed by atoms with van der Waals surface area (Å²) >= 11 is 4.90. The van der Waals surface area contributed by atoms with E-state index in [4.69, 9.17) is 0 Å². The van der Waals surface area contributed by atoms with E-state index in [1.165, 1.54) is 0 Å². The molecule has 0 bridgehead atoms. The Morgan fingerprint density at radius 3 is 2.48 bits per heavy atom. The number of benzene rings is 2. The second kappa shape index (κ2) is 5.88. The summed E-state index contributed by atoms with van der Waals surface area (Å²) in [6, 6.07) is 16.6. The van der Waals surface area contributed by atoms with Crippen LogP contribution in [0, 0.1) is 0 Å². The highest BCUT2D eigenvalue weighted by Gasteiger charge is 2.14. The van der Waals surface area contributed by atoms with Crippen molar-refractivity contribution in [1.82, 2.24) is 4.72 Å². The smallest absolute Gasteiger partial charge is 0.207 e. The lowest BCUT2D eigenvalue weighted by atomic mass is 10.2. The van der Waals surface area contributed by atoms with Gasteiger partial charge in [-0.3, -0.25) is 0 Å². The molecule has 1 N–H and O–H groups in total. The molecule has 1 heterocycles. The van der Waals surface area contributed by atoms with Gasteiger partial charge in [-0.25, -0.2) is 13.1 Å². The van der Waals surface area contributed by atoms with Crippen molar-refractivity contribution in [3.05, 3.63) is 63.9 Å². The van der Waals surface area contributed by atoms with Gasteiger partial charge in [-0.15, -0.1) is 11.3 Å². The van der Waals surface area contributed by atoms with Gasteiger partial charge >= 0.3 is 0 Å². The molecule has 0 unspecified atom stereocenters. The van der Waals surface area contributed by atoms with E-state index in [0.717, 1.165) is 19.4 Å². The molecule has 0 aliphatic heterocycles. The summed E-state index contributed by atoms with van der Waals surface area (Å²) in [5.41, 5.74) is 0. The van der Waals surface area contributed by atoms with Crippen LogP contribution in [0.3, 0.4) is 0 Å². The van der Waals surface area contributed by atoms with Gasteiger partial charge in [0.05, 0.1) is 4.90 Å². The van der Waals surface area contributed by atoms with Gasteiger partial charge in [0.2, 0.25) is 10.0 Å². The Hall–Kier alpha value is -1.21. The van der Waals surface area contributed by atoms with E-state index in [9.17, 15) is 8.42 Å². The van der Waals surface area contributed by atoms with Crippen molar-refractivity contribution in [1.29, 1.82) is 0 Å². The Morgan fingerprint density at radius 2 is 1.76 bits per heavy atom. The van der Waals surface area contributed by atoms with Crippen LogP contribution >= 0.6 is 27.3 Å². The van der Waals surface area contributed by atoms with Gasteiger partial charge in [0.1, 0.15) is 0 Å². The van der Waals surface area contributed by atoms with Gasteiger partial charge in [0.25, 0.3) is 0 Å². The van der Waals surface area contributed by atoms with Crippen LogP contribution in [0.1, 0.15) is 4.88 Å². The molecule has 0 aliphatic rings. The predicted molar refractivity (Wildman–Crippen MR) is 90.0 cm³/mol. The first-order chi connectivity index (χ1) is 10.0. The molecule has 21 heavy (non-hydrogen) atoms. The van der Waals surface area contributed by atoms with Gasteiger partial charge in [0.15, 0.2) is 0 Å². The lowest BCUT2D eigenvalue weighted by Gasteiger charge is -2.05. The maximum absolute atomic E-state index is 12.2. The second-order valence-electron chi connectivity index (χ2n) is 4.53. The molecule has 6 heteroatoms. The maximum atomic E-state index is 12.2. The normalized spacial score (nSPS) is 11.9. The van der Waals surface area contributed by atoms with E-state index in [-0.39, 0.29) is 4.90 Å². The molecule has 0 saturated carbocycles. The van der Waals surface area contributed by atoms with Crippen molar-refractivity contribution in [2.75, 3.05) is 0 Å². The van der Waals surface area contributed by atoms with Crippen LogP contribution in [0.25, 0.3) is 10.1 Å². The minimum atomic E-state index is -3.48. The van der Waals surface area contributed by atoms with Crippen molar-refractivity contribution in [3.8, 4) is 0 Å². The quantitative estimate of drug-likeness (QED) is 0.737. The first-order valence-electron chi connectivity index (χ1n) is 6.27. The highest BCUT2D eigenvalue weighted by Crippen LogP contribution is 2.25. The molecule has 108 valence electrons. The highest BCUT2D eigenvalue weighted by molar-refractivity contribution is 9.10. The summed E-state index contributed by atoms with van der Waals surface area (Å²) in [5.74, 6) is 0. The van der Waals surface area contributed by atoms with E-state index in [0.29, 0.717) is 6.54 Å². The maximum Gasteiger partial charge on any atom is 0.240 e. The molecule has 3 rings (SSSR count). The number of halogens is 1. The highest BCUT2D eigenvalue weighted by atomic mass is 79.9. The van der Waals surface area contributed by atoms with E-state index in [1.807, 2.05) is 30.3 Å². The molecular formula is C15H12BrNO2S2. The molecule has 3 aromatic rings. The molecule has 0 spiro atoms. The standard InChI is InChI=1S/C15H12BrNO2S2/c16-12-5-7-14(8-6-12)21(18,19)17-10-13-9-11-3-1-2-4-15(11)20-13/h1-9,17H,10H2. The molecule has 0 radical (unpaired) electrons. The third-order valence-electron chi connectivity index (χ3n) is 3.04. The molecule has 0 fully saturated rings. The summed E-state index contributed by atoms with van der Waals surface area (Å²) in [4.78, 5) is 1.27. The van der Waals surface area contributed by atoms with Crippen molar-refractivity contribution in [3.63, 3.8) is 0 Å². The number of hydrogen-bond donors (Lipinski definition) is 1. The third kappa shape index (κ3) is 3.35. The zero-order valence-electron chi connectivity index (χ0n) is 10.9. The summed E-state index contributed by atoms with van der Waals surface area (Å²) < 4.78 is 29.1. The Bertz CT molecular complexity index is 837. The minimum Gasteiger partial charge on any atom is -0.207 e. The first-order valence-corrected chi connectivity index (χ1v) is 9.36. The van der Waals surface area contributed by atoms with Crippen LogP contribution in [-0.4, -0.2) is 8.42 Å². The molecule has 0 saturated heterocycles. The predicted octanol–water partition coefficient (Wildman–Crippen LogP) is 4.14. The summed E-state index contributed by atoms with van der Waals surface area (Å²) in [6.07, 6.45) is 0. The monoisotopic (exact) mass is 381 g/mol. The average molecular weight is 382 g/mol. The molecule has 3 nitrogen and oxygen atoms in total. The lowest BCUT2D eigenvalue weighted by molar-refractivity contribution is 0.582. The van der Waals surface area contributed by atoms with Crippen LogP contribution in [0.2, 0.25) is 0 Å². The zero-order valence-corrected chi connectivity index (χ0v) is 14.1. The number of fused-ring (bicyclic) bond motifs is 1. The fourth-order valence-corrected chi connectivity index (χ4v) is 4.35. The summed E-state index contributed by atoms with van der Waals surface area (Å²) in [5, 5.41) is 1.14. The van der Waals surface area contributed by atoms with Crippen LogP contribution in [0.5, 0.6) is 0 Å². The molecule has 0 aliphatic carbocycles. The van der Waals surface area contributed by atoms with Crippen molar-refractivity contribution in [2.45, 2.75) is 11.4 Å². The van der Waals surface area contributed by atoms with Crippen LogP contribution in [-0.2, 0) is 16.6 Å². The Kier molecular flexibility index (Phi) is 4.12. The number of rotatable bonds is 4. The molecular weight excluding hydrogens is 370 g/mol. The largest absolute Gasteiger partial charge is 0.240 e. The molecule has 1 aromatic heterocycles. The number of nitrogens with one attached hydrogen (secondary N) is 1. The Morgan fingerprint density at radius 1 is 1.05 bits per heavy atom. The Labute approximate surface area is 135 Å². The van der Waals surface area contributed by atoms with Crippen LogP contribution in [0.15, 0.2) is 64.0 Å². The molecule has 0 amide bonds. The number of sulfonamides is 1. The van der Waals surface area contributed by atoms with Gasteiger partial charge in [0, 0.05) is 20.6 Å². The van der Waals surface area contributed by atoms with Gasteiger partial charge in [-0.2, -0.15) is 0 Å². The molecule has 2 aromatic carbocycles. The van der Waals surface area contributed by atoms with E-state index >= 15 is 0 Å². The van der Waals surface area contributed by atoms with Crippen LogP contribution in [0.4, 0.5) is 0 Å². The average Bonchev–Trinajstić information content (AvgIpc) is 2.89. The summed E-state index contributed by atoms with van der Waals surface area (Å²) in [6.45, 7) is 0.303. The SMILES string of the molecule is O=S(=O)(NCc1cc2ccccc2s1)c1ccc(Br)cc1. The van der Waals surface area contributed by atoms with Crippen molar-refractivity contribution >= 4 is 47.4 Å². The fourth-order valence-electron chi connectivity index (χ4n) is 1.99. The fraction of sp³-hybridized carbons (Fsp3) is 0.0667. The van der Waals surface area contributed by atoms with E-state index < -0.39 is 10.0 Å². The molecule has 0 atom stereocenters.